The quantitative estimate of drug-likeness (QED) is 0.282. The molecule has 1 fully saturated rings. The summed E-state index contributed by atoms with van der Waals surface area (Å²) in [5.74, 6) is 2.67. The summed E-state index contributed by atoms with van der Waals surface area (Å²) in [4.78, 5) is 4.24. The molecule has 2 N–H and O–H groups in total. The molecule has 1 saturated carbocycles. The summed E-state index contributed by atoms with van der Waals surface area (Å²) < 4.78 is 5.26. The van der Waals surface area contributed by atoms with Crippen LogP contribution in [0.4, 0.5) is 0 Å². The molecule has 1 aromatic rings. The lowest BCUT2D eigenvalue weighted by Crippen LogP contribution is -2.37. The molecule has 6 heteroatoms. The van der Waals surface area contributed by atoms with Crippen LogP contribution in [0.15, 0.2) is 15.6 Å². The van der Waals surface area contributed by atoms with Crippen LogP contribution < -0.4 is 10.6 Å². The van der Waals surface area contributed by atoms with E-state index in [1.807, 2.05) is 6.07 Å². The Morgan fingerprint density at radius 3 is 2.74 bits per heavy atom. The van der Waals surface area contributed by atoms with Crippen LogP contribution in [0.1, 0.15) is 63.3 Å². The van der Waals surface area contributed by atoms with Crippen molar-refractivity contribution in [1.29, 1.82) is 0 Å². The molecule has 5 nitrogen and oxygen atoms in total. The van der Waals surface area contributed by atoms with E-state index in [0.29, 0.717) is 6.54 Å². The molecule has 23 heavy (non-hydrogen) atoms. The molecule has 0 amide bonds. The topological polar surface area (TPSA) is 62.5 Å². The highest BCUT2D eigenvalue weighted by atomic mass is 127. The molecule has 2 rings (SSSR count). The maximum Gasteiger partial charge on any atom is 0.191 e. The van der Waals surface area contributed by atoms with E-state index in [2.05, 4.69) is 27.7 Å². The second-order valence-electron chi connectivity index (χ2n) is 6.14. The predicted octanol–water partition coefficient (Wildman–Crippen LogP) is 3.88. The summed E-state index contributed by atoms with van der Waals surface area (Å²) in [5, 5.41) is 10.6. The molecule has 0 spiro atoms. The predicted molar refractivity (Wildman–Crippen MR) is 105 cm³/mol. The van der Waals surface area contributed by atoms with E-state index in [0.717, 1.165) is 36.3 Å². The van der Waals surface area contributed by atoms with Gasteiger partial charge >= 0.3 is 0 Å². The molecule has 0 radical (unpaired) electrons. The van der Waals surface area contributed by atoms with Crippen molar-refractivity contribution in [2.24, 2.45) is 10.9 Å². The Kier molecular flexibility index (Phi) is 10.3. The SMILES string of the molecule is CCc1cc(CNC(=NC)NCCCCC2CCCC2)on1.I. The summed E-state index contributed by atoms with van der Waals surface area (Å²) in [6.45, 7) is 3.67. The van der Waals surface area contributed by atoms with Crippen molar-refractivity contribution in [1.82, 2.24) is 15.8 Å². The van der Waals surface area contributed by atoms with E-state index < -0.39 is 0 Å². The minimum absolute atomic E-state index is 0. The first-order valence-electron chi connectivity index (χ1n) is 8.70. The molecular weight excluding hydrogens is 403 g/mol. The van der Waals surface area contributed by atoms with Gasteiger partial charge in [-0.25, -0.2) is 0 Å². The van der Waals surface area contributed by atoms with Crippen LogP contribution in [-0.4, -0.2) is 24.7 Å². The second-order valence-corrected chi connectivity index (χ2v) is 6.14. The number of hydrogen-bond acceptors (Lipinski definition) is 3. The molecule has 0 aliphatic heterocycles. The molecule has 132 valence electrons. The average molecular weight is 434 g/mol. The summed E-state index contributed by atoms with van der Waals surface area (Å²) in [7, 11) is 1.80. The van der Waals surface area contributed by atoms with Gasteiger partial charge in [0.1, 0.15) is 0 Å². The van der Waals surface area contributed by atoms with Crippen molar-refractivity contribution in [2.45, 2.75) is 64.8 Å². The van der Waals surface area contributed by atoms with Crippen LogP contribution in [0.25, 0.3) is 0 Å². The van der Waals surface area contributed by atoms with E-state index >= 15 is 0 Å². The summed E-state index contributed by atoms with van der Waals surface area (Å²) in [5.41, 5.74) is 0.992. The zero-order valence-electron chi connectivity index (χ0n) is 14.4. The summed E-state index contributed by atoms with van der Waals surface area (Å²) in [6, 6.07) is 1.99. The van der Waals surface area contributed by atoms with E-state index in [1.165, 1.54) is 44.9 Å². The zero-order chi connectivity index (χ0) is 15.6. The van der Waals surface area contributed by atoms with Gasteiger partial charge in [-0.3, -0.25) is 4.99 Å². The number of nitrogens with zero attached hydrogens (tertiary/aromatic N) is 2. The Hall–Kier alpha value is -0.790. The van der Waals surface area contributed by atoms with Crippen LogP contribution >= 0.6 is 24.0 Å². The number of hydrogen-bond donors (Lipinski definition) is 2. The van der Waals surface area contributed by atoms with Gasteiger partial charge in [0.25, 0.3) is 0 Å². The van der Waals surface area contributed by atoms with Crippen molar-refractivity contribution >= 4 is 29.9 Å². The van der Waals surface area contributed by atoms with E-state index in [1.54, 1.807) is 7.05 Å². The molecule has 1 aliphatic rings. The van der Waals surface area contributed by atoms with Crippen molar-refractivity contribution < 1.29 is 4.52 Å². The highest BCUT2D eigenvalue weighted by Gasteiger charge is 2.13. The second kappa shape index (κ2) is 11.7. The number of aliphatic imine (C=N–C) groups is 1. The molecule has 0 bridgehead atoms. The fourth-order valence-corrected chi connectivity index (χ4v) is 3.06. The largest absolute Gasteiger partial charge is 0.359 e. The van der Waals surface area contributed by atoms with Crippen LogP contribution in [0.2, 0.25) is 0 Å². The lowest BCUT2D eigenvalue weighted by atomic mass is 10.0. The third kappa shape index (κ3) is 7.54. The third-order valence-electron chi connectivity index (χ3n) is 4.43. The minimum Gasteiger partial charge on any atom is -0.359 e. The van der Waals surface area contributed by atoms with E-state index in [9.17, 15) is 0 Å². The van der Waals surface area contributed by atoms with E-state index in [4.69, 9.17) is 4.52 Å². The van der Waals surface area contributed by atoms with Gasteiger partial charge in [-0.2, -0.15) is 0 Å². The van der Waals surface area contributed by atoms with Gasteiger partial charge in [-0.1, -0.05) is 50.6 Å². The standard InChI is InChI=1S/C17H30N4O.HI/c1-3-15-12-16(22-21-15)13-20-17(18-2)19-11-7-6-10-14-8-4-5-9-14;/h12,14H,3-11,13H2,1-2H3,(H2,18,19,20);1H. The van der Waals surface area contributed by atoms with Gasteiger partial charge in [-0.05, 0) is 18.8 Å². The Bertz CT molecular complexity index is 455. The normalized spacial score (nSPS) is 15.5. The number of halogens is 1. The fourth-order valence-electron chi connectivity index (χ4n) is 3.06. The average Bonchev–Trinajstić information content (AvgIpc) is 3.21. The van der Waals surface area contributed by atoms with Crippen molar-refractivity contribution in [3.8, 4) is 0 Å². The van der Waals surface area contributed by atoms with Gasteiger partial charge in [0, 0.05) is 19.7 Å². The number of guanidine groups is 1. The monoisotopic (exact) mass is 434 g/mol. The van der Waals surface area contributed by atoms with Crippen LogP contribution in [0.3, 0.4) is 0 Å². The summed E-state index contributed by atoms with van der Waals surface area (Å²) >= 11 is 0. The van der Waals surface area contributed by atoms with Gasteiger partial charge in [0.05, 0.1) is 12.2 Å². The van der Waals surface area contributed by atoms with Gasteiger partial charge < -0.3 is 15.2 Å². The Morgan fingerprint density at radius 1 is 1.30 bits per heavy atom. The van der Waals surface area contributed by atoms with E-state index in [-0.39, 0.29) is 24.0 Å². The maximum absolute atomic E-state index is 5.26. The molecule has 0 atom stereocenters. The summed E-state index contributed by atoms with van der Waals surface area (Å²) in [6.07, 6.45) is 10.6. The molecule has 0 unspecified atom stereocenters. The van der Waals surface area contributed by atoms with Crippen molar-refractivity contribution in [2.75, 3.05) is 13.6 Å². The van der Waals surface area contributed by atoms with Crippen molar-refractivity contribution in [3.05, 3.63) is 17.5 Å². The lowest BCUT2D eigenvalue weighted by Gasteiger charge is -2.11. The van der Waals surface area contributed by atoms with Crippen LogP contribution in [0, 0.1) is 5.92 Å². The molecular formula is C17H31IN4O. The lowest BCUT2D eigenvalue weighted by molar-refractivity contribution is 0.374. The number of unbranched alkanes of at least 4 members (excludes halogenated alkanes) is 1. The first-order chi connectivity index (χ1) is 10.8. The van der Waals surface area contributed by atoms with Gasteiger partial charge in [0.2, 0.25) is 0 Å². The fraction of sp³-hybridized carbons (Fsp3) is 0.765. The van der Waals surface area contributed by atoms with Crippen LogP contribution in [0.5, 0.6) is 0 Å². The number of nitrogens with one attached hydrogen (secondary N) is 2. The molecule has 1 aliphatic carbocycles. The highest BCUT2D eigenvalue weighted by Crippen LogP contribution is 2.28. The highest BCUT2D eigenvalue weighted by molar-refractivity contribution is 14.0. The third-order valence-corrected chi connectivity index (χ3v) is 4.43. The Morgan fingerprint density at radius 2 is 2.09 bits per heavy atom. The molecule has 1 aromatic heterocycles. The van der Waals surface area contributed by atoms with Gasteiger partial charge in [0.15, 0.2) is 11.7 Å². The maximum atomic E-state index is 5.26. The van der Waals surface area contributed by atoms with Crippen LogP contribution in [-0.2, 0) is 13.0 Å². The Labute approximate surface area is 157 Å². The first kappa shape index (κ1) is 20.3. The zero-order valence-corrected chi connectivity index (χ0v) is 16.8. The minimum atomic E-state index is 0. The van der Waals surface area contributed by atoms with Crippen molar-refractivity contribution in [3.63, 3.8) is 0 Å². The molecule has 0 saturated heterocycles. The number of rotatable bonds is 8. The van der Waals surface area contributed by atoms with Gasteiger partial charge in [-0.15, -0.1) is 24.0 Å². The molecule has 0 aromatic carbocycles. The Balaban J connectivity index is 0.00000264. The number of aryl methyl sites for hydroxylation is 1. The molecule has 1 heterocycles. The number of aromatic nitrogens is 1. The smallest absolute Gasteiger partial charge is 0.191 e. The first-order valence-corrected chi connectivity index (χ1v) is 8.70.